The quantitative estimate of drug-likeness (QED) is 0.812. The SMILES string of the molecule is O=C(CNS(=O)(=O)c1cccc(C(F)(F)F)c1)N1CCC2CCC(C1)N2. The minimum atomic E-state index is -4.64. The van der Waals surface area contributed by atoms with Crippen LogP contribution < -0.4 is 10.0 Å². The van der Waals surface area contributed by atoms with Crippen molar-refractivity contribution in [3.05, 3.63) is 29.8 Å². The van der Waals surface area contributed by atoms with Gasteiger partial charge in [-0.15, -0.1) is 0 Å². The lowest BCUT2D eigenvalue weighted by Crippen LogP contribution is -2.44. The first-order valence-electron chi connectivity index (χ1n) is 8.36. The van der Waals surface area contributed by atoms with Gasteiger partial charge >= 0.3 is 6.18 Å². The molecule has 2 unspecified atom stereocenters. The summed E-state index contributed by atoms with van der Waals surface area (Å²) < 4.78 is 64.8. The summed E-state index contributed by atoms with van der Waals surface area (Å²) in [4.78, 5) is 13.4. The summed E-state index contributed by atoms with van der Waals surface area (Å²) in [6.07, 6.45) is -1.78. The van der Waals surface area contributed by atoms with Gasteiger partial charge in [-0.05, 0) is 37.5 Å². The number of alkyl halides is 3. The zero-order valence-corrected chi connectivity index (χ0v) is 14.7. The number of sulfonamides is 1. The number of nitrogens with zero attached hydrogens (tertiary/aromatic N) is 1. The minimum Gasteiger partial charge on any atom is -0.340 e. The highest BCUT2D eigenvalue weighted by molar-refractivity contribution is 7.89. The molecular weight excluding hydrogens is 371 g/mol. The summed E-state index contributed by atoms with van der Waals surface area (Å²) in [5, 5.41) is 3.42. The van der Waals surface area contributed by atoms with Crippen LogP contribution in [0.2, 0.25) is 0 Å². The summed E-state index contributed by atoms with van der Waals surface area (Å²) in [5.74, 6) is -0.380. The summed E-state index contributed by atoms with van der Waals surface area (Å²) in [6, 6.07) is 4.05. The lowest BCUT2D eigenvalue weighted by atomic mass is 10.1. The van der Waals surface area contributed by atoms with Crippen LogP contribution in [0, 0.1) is 0 Å². The number of likely N-dealkylation sites (tertiary alicyclic amines) is 1. The molecule has 2 N–H and O–H groups in total. The molecule has 10 heteroatoms. The zero-order valence-electron chi connectivity index (χ0n) is 13.9. The van der Waals surface area contributed by atoms with Crippen LogP contribution in [0.15, 0.2) is 29.2 Å². The van der Waals surface area contributed by atoms with E-state index in [0.29, 0.717) is 25.2 Å². The van der Waals surface area contributed by atoms with Crippen LogP contribution in [-0.2, 0) is 21.0 Å². The molecule has 2 fully saturated rings. The predicted molar refractivity (Wildman–Crippen MR) is 87.8 cm³/mol. The highest BCUT2D eigenvalue weighted by atomic mass is 32.2. The van der Waals surface area contributed by atoms with E-state index in [1.165, 1.54) is 0 Å². The number of nitrogens with one attached hydrogen (secondary N) is 2. The number of hydrogen-bond donors (Lipinski definition) is 2. The van der Waals surface area contributed by atoms with Gasteiger partial charge in [-0.3, -0.25) is 4.79 Å². The molecule has 1 aromatic rings. The molecule has 1 aromatic carbocycles. The van der Waals surface area contributed by atoms with Gasteiger partial charge in [0.15, 0.2) is 0 Å². The summed E-state index contributed by atoms with van der Waals surface area (Å²) >= 11 is 0. The first kappa shape index (κ1) is 19.1. The van der Waals surface area contributed by atoms with Crippen molar-refractivity contribution in [2.24, 2.45) is 0 Å². The molecule has 6 nitrogen and oxygen atoms in total. The van der Waals surface area contributed by atoms with Gasteiger partial charge in [0.2, 0.25) is 15.9 Å². The molecule has 0 saturated carbocycles. The number of rotatable bonds is 4. The standard InChI is InChI=1S/C16H20F3N3O3S/c17-16(18,19)11-2-1-3-14(8-11)26(24,25)20-9-15(23)22-7-6-12-4-5-13(10-22)21-12/h1-3,8,12-13,20-21H,4-7,9-10H2. The number of benzene rings is 1. The fourth-order valence-corrected chi connectivity index (χ4v) is 4.38. The van der Waals surface area contributed by atoms with E-state index in [-0.39, 0.29) is 11.9 Å². The molecule has 0 radical (unpaired) electrons. The van der Waals surface area contributed by atoms with Crippen LogP contribution in [0.25, 0.3) is 0 Å². The van der Waals surface area contributed by atoms with E-state index < -0.39 is 33.2 Å². The van der Waals surface area contributed by atoms with Crippen molar-refractivity contribution in [3.8, 4) is 0 Å². The molecule has 0 aliphatic carbocycles. The van der Waals surface area contributed by atoms with Crippen LogP contribution in [0.1, 0.15) is 24.8 Å². The molecule has 2 aliphatic heterocycles. The molecule has 3 rings (SSSR count). The largest absolute Gasteiger partial charge is 0.416 e. The summed E-state index contributed by atoms with van der Waals surface area (Å²) in [5.41, 5.74) is -1.05. The van der Waals surface area contributed by atoms with E-state index in [1.54, 1.807) is 4.90 Å². The highest BCUT2D eigenvalue weighted by Crippen LogP contribution is 2.30. The summed E-state index contributed by atoms with van der Waals surface area (Å²) in [7, 11) is -4.21. The molecule has 0 spiro atoms. The Kier molecular flexibility index (Phi) is 5.27. The lowest BCUT2D eigenvalue weighted by Gasteiger charge is -2.24. The van der Waals surface area contributed by atoms with Crippen LogP contribution in [0.4, 0.5) is 13.2 Å². The van der Waals surface area contributed by atoms with Gasteiger partial charge in [0, 0.05) is 25.2 Å². The van der Waals surface area contributed by atoms with E-state index in [4.69, 9.17) is 0 Å². The fourth-order valence-electron chi connectivity index (χ4n) is 3.36. The van der Waals surface area contributed by atoms with Crippen LogP contribution >= 0.6 is 0 Å². The van der Waals surface area contributed by atoms with Crippen molar-refractivity contribution in [2.45, 2.75) is 42.4 Å². The number of amides is 1. The molecule has 1 amide bonds. The Morgan fingerprint density at radius 2 is 1.96 bits per heavy atom. The van der Waals surface area contributed by atoms with Gasteiger partial charge in [0.05, 0.1) is 17.0 Å². The minimum absolute atomic E-state index is 0.214. The van der Waals surface area contributed by atoms with Gasteiger partial charge in [-0.25, -0.2) is 13.1 Å². The Labute approximate surface area is 149 Å². The van der Waals surface area contributed by atoms with Crippen LogP contribution in [0.5, 0.6) is 0 Å². The van der Waals surface area contributed by atoms with Crippen molar-refractivity contribution in [1.82, 2.24) is 14.9 Å². The van der Waals surface area contributed by atoms with Gasteiger partial charge in [-0.2, -0.15) is 13.2 Å². The van der Waals surface area contributed by atoms with E-state index in [9.17, 15) is 26.4 Å². The van der Waals surface area contributed by atoms with Gasteiger partial charge in [0.25, 0.3) is 0 Å². The number of fused-ring (bicyclic) bond motifs is 2. The molecule has 2 bridgehead atoms. The highest BCUT2D eigenvalue weighted by Gasteiger charge is 2.33. The number of halogens is 3. The maximum absolute atomic E-state index is 12.7. The van der Waals surface area contributed by atoms with Crippen LogP contribution in [0.3, 0.4) is 0 Å². The third kappa shape index (κ3) is 4.36. The Morgan fingerprint density at radius 3 is 2.69 bits per heavy atom. The Balaban J connectivity index is 1.64. The molecule has 144 valence electrons. The maximum atomic E-state index is 12.7. The third-order valence-electron chi connectivity index (χ3n) is 4.76. The Morgan fingerprint density at radius 1 is 1.23 bits per heavy atom. The second-order valence-corrected chi connectivity index (χ2v) is 8.38. The number of carbonyl (C=O) groups is 1. The third-order valence-corrected chi connectivity index (χ3v) is 6.16. The molecular formula is C16H20F3N3O3S. The van der Waals surface area contributed by atoms with Crippen LogP contribution in [-0.4, -0.2) is 50.9 Å². The first-order valence-corrected chi connectivity index (χ1v) is 9.84. The molecule has 0 aromatic heterocycles. The normalized spacial score (nSPS) is 23.7. The van der Waals surface area contributed by atoms with Crippen molar-refractivity contribution >= 4 is 15.9 Å². The Hall–Kier alpha value is -1.65. The average Bonchev–Trinajstić information content (AvgIpc) is 2.91. The monoisotopic (exact) mass is 391 g/mol. The first-order chi connectivity index (χ1) is 12.1. The van der Waals surface area contributed by atoms with E-state index >= 15 is 0 Å². The topological polar surface area (TPSA) is 78.5 Å². The molecule has 26 heavy (non-hydrogen) atoms. The molecule has 2 aliphatic rings. The smallest absolute Gasteiger partial charge is 0.340 e. The van der Waals surface area contributed by atoms with E-state index in [2.05, 4.69) is 10.0 Å². The lowest BCUT2D eigenvalue weighted by molar-refractivity contribution is -0.137. The number of carbonyl (C=O) groups excluding carboxylic acids is 1. The Bertz CT molecular complexity index is 782. The fraction of sp³-hybridized carbons (Fsp3) is 0.562. The number of hydrogen-bond acceptors (Lipinski definition) is 4. The van der Waals surface area contributed by atoms with E-state index in [0.717, 1.165) is 37.5 Å². The summed E-state index contributed by atoms with van der Waals surface area (Å²) in [6.45, 7) is 0.578. The molecule has 2 atom stereocenters. The molecule has 2 heterocycles. The second-order valence-electron chi connectivity index (χ2n) is 6.62. The zero-order chi connectivity index (χ0) is 18.9. The van der Waals surface area contributed by atoms with Crippen molar-refractivity contribution in [1.29, 1.82) is 0 Å². The predicted octanol–water partition coefficient (Wildman–Crippen LogP) is 1.34. The van der Waals surface area contributed by atoms with Gasteiger partial charge in [0.1, 0.15) is 0 Å². The molecule has 2 saturated heterocycles. The van der Waals surface area contributed by atoms with Crippen molar-refractivity contribution in [2.75, 3.05) is 19.6 Å². The van der Waals surface area contributed by atoms with Crippen molar-refractivity contribution in [3.63, 3.8) is 0 Å². The maximum Gasteiger partial charge on any atom is 0.416 e. The second kappa shape index (κ2) is 7.16. The van der Waals surface area contributed by atoms with Crippen molar-refractivity contribution < 1.29 is 26.4 Å². The van der Waals surface area contributed by atoms with E-state index in [1.807, 2.05) is 0 Å². The van der Waals surface area contributed by atoms with Gasteiger partial charge < -0.3 is 10.2 Å². The van der Waals surface area contributed by atoms with Gasteiger partial charge in [-0.1, -0.05) is 6.07 Å². The average molecular weight is 391 g/mol.